The molecule has 4 rings (SSSR count). The van der Waals surface area contributed by atoms with Crippen LogP contribution in [-0.4, -0.2) is 38.8 Å². The Balaban J connectivity index is 1.83. The molecule has 3 heterocycles. The molecule has 0 atom stereocenters. The van der Waals surface area contributed by atoms with Crippen molar-refractivity contribution in [3.05, 3.63) is 53.6 Å². The third-order valence-corrected chi connectivity index (χ3v) is 5.48. The second-order valence-electron chi connectivity index (χ2n) is 8.46. The van der Waals surface area contributed by atoms with Gasteiger partial charge in [0.15, 0.2) is 0 Å². The summed E-state index contributed by atoms with van der Waals surface area (Å²) in [6.45, 7) is 10.1. The fraction of sp³-hybridized carbons (Fsp3) is 0.391. The van der Waals surface area contributed by atoms with Crippen molar-refractivity contribution < 1.29 is 4.79 Å². The summed E-state index contributed by atoms with van der Waals surface area (Å²) in [4.78, 5) is 29.0. The molecule has 0 unspecified atom stereocenters. The van der Waals surface area contributed by atoms with Crippen LogP contribution in [0.25, 0.3) is 22.2 Å². The van der Waals surface area contributed by atoms with E-state index >= 15 is 0 Å². The van der Waals surface area contributed by atoms with Crippen molar-refractivity contribution in [2.24, 2.45) is 5.41 Å². The summed E-state index contributed by atoms with van der Waals surface area (Å²) in [5, 5.41) is 0.898. The van der Waals surface area contributed by atoms with Gasteiger partial charge in [-0.1, -0.05) is 32.9 Å². The van der Waals surface area contributed by atoms with Gasteiger partial charge in [-0.25, -0.2) is 15.0 Å². The van der Waals surface area contributed by atoms with Gasteiger partial charge in [-0.15, -0.1) is 0 Å². The standard InChI is InChI=1S/C23H26N4O/c1-5-21-24-12-16(13-25-21)19-11-18(17-7-6-15(2)10-20(17)26-19)22(28)27-9-8-23(3,4)14-27/h6-7,10-13H,5,8-9,14H2,1-4H3. The van der Waals surface area contributed by atoms with Crippen molar-refractivity contribution in [1.29, 1.82) is 0 Å². The minimum absolute atomic E-state index is 0.0779. The zero-order valence-electron chi connectivity index (χ0n) is 17.0. The van der Waals surface area contributed by atoms with Crippen molar-refractivity contribution in [1.82, 2.24) is 19.9 Å². The summed E-state index contributed by atoms with van der Waals surface area (Å²) >= 11 is 0. The topological polar surface area (TPSA) is 59.0 Å². The molecule has 1 amide bonds. The highest BCUT2D eigenvalue weighted by Crippen LogP contribution is 2.32. The normalized spacial score (nSPS) is 15.9. The van der Waals surface area contributed by atoms with Crippen LogP contribution in [0.3, 0.4) is 0 Å². The van der Waals surface area contributed by atoms with Crippen LogP contribution in [0.4, 0.5) is 0 Å². The number of hydrogen-bond donors (Lipinski definition) is 0. The summed E-state index contributed by atoms with van der Waals surface area (Å²) in [6, 6.07) is 7.97. The lowest BCUT2D eigenvalue weighted by Gasteiger charge is -2.21. The zero-order chi connectivity index (χ0) is 19.9. The van der Waals surface area contributed by atoms with Gasteiger partial charge in [0.05, 0.1) is 16.8 Å². The molecule has 0 aliphatic carbocycles. The largest absolute Gasteiger partial charge is 0.338 e. The van der Waals surface area contributed by atoms with E-state index in [1.54, 1.807) is 12.4 Å². The molecule has 1 fully saturated rings. The lowest BCUT2D eigenvalue weighted by Crippen LogP contribution is -2.30. The first-order chi connectivity index (χ1) is 13.4. The highest BCUT2D eigenvalue weighted by molar-refractivity contribution is 6.07. The average molecular weight is 374 g/mol. The first kappa shape index (κ1) is 18.5. The van der Waals surface area contributed by atoms with E-state index in [1.807, 2.05) is 43.0 Å². The summed E-state index contributed by atoms with van der Waals surface area (Å²) in [5.74, 6) is 0.880. The molecule has 1 saturated heterocycles. The Morgan fingerprint density at radius 3 is 2.57 bits per heavy atom. The molecule has 0 spiro atoms. The highest BCUT2D eigenvalue weighted by Gasteiger charge is 2.33. The molecule has 3 aromatic rings. The van der Waals surface area contributed by atoms with Gasteiger partial charge in [0.2, 0.25) is 0 Å². The fourth-order valence-corrected chi connectivity index (χ4v) is 3.79. The maximum atomic E-state index is 13.4. The number of fused-ring (bicyclic) bond motifs is 1. The van der Waals surface area contributed by atoms with Crippen molar-refractivity contribution in [3.63, 3.8) is 0 Å². The number of carbonyl (C=O) groups is 1. The van der Waals surface area contributed by atoms with E-state index in [-0.39, 0.29) is 11.3 Å². The molecule has 144 valence electrons. The number of benzene rings is 1. The van der Waals surface area contributed by atoms with E-state index in [9.17, 15) is 4.79 Å². The fourth-order valence-electron chi connectivity index (χ4n) is 3.79. The number of aromatic nitrogens is 3. The van der Waals surface area contributed by atoms with Crippen LogP contribution in [0.15, 0.2) is 36.7 Å². The van der Waals surface area contributed by atoms with E-state index in [0.717, 1.165) is 59.5 Å². The van der Waals surface area contributed by atoms with E-state index in [4.69, 9.17) is 4.98 Å². The van der Waals surface area contributed by atoms with Gasteiger partial charge in [0.1, 0.15) is 5.82 Å². The van der Waals surface area contributed by atoms with Gasteiger partial charge in [-0.3, -0.25) is 4.79 Å². The quantitative estimate of drug-likeness (QED) is 0.680. The molecule has 1 aliphatic heterocycles. The van der Waals surface area contributed by atoms with Crippen LogP contribution in [0.1, 0.15) is 48.9 Å². The Bertz CT molecular complexity index is 1040. The van der Waals surface area contributed by atoms with E-state index in [2.05, 4.69) is 23.8 Å². The Morgan fingerprint density at radius 1 is 1.18 bits per heavy atom. The van der Waals surface area contributed by atoms with Crippen LogP contribution >= 0.6 is 0 Å². The third-order valence-electron chi connectivity index (χ3n) is 5.48. The predicted molar refractivity (Wildman–Crippen MR) is 111 cm³/mol. The summed E-state index contributed by atoms with van der Waals surface area (Å²) in [7, 11) is 0. The number of carbonyl (C=O) groups excluding carboxylic acids is 1. The molecule has 0 radical (unpaired) electrons. The number of hydrogen-bond acceptors (Lipinski definition) is 4. The number of aryl methyl sites for hydroxylation is 2. The van der Waals surface area contributed by atoms with Gasteiger partial charge in [0.25, 0.3) is 5.91 Å². The molecule has 0 N–H and O–H groups in total. The molecule has 5 heteroatoms. The first-order valence-electron chi connectivity index (χ1n) is 9.88. The van der Waals surface area contributed by atoms with Gasteiger partial charge < -0.3 is 4.90 Å². The van der Waals surface area contributed by atoms with Gasteiger partial charge in [-0.05, 0) is 36.5 Å². The van der Waals surface area contributed by atoms with Gasteiger partial charge >= 0.3 is 0 Å². The van der Waals surface area contributed by atoms with Crippen LogP contribution in [0, 0.1) is 12.3 Å². The number of likely N-dealkylation sites (tertiary alicyclic amines) is 1. The van der Waals surface area contributed by atoms with E-state index < -0.39 is 0 Å². The monoisotopic (exact) mass is 374 g/mol. The lowest BCUT2D eigenvalue weighted by atomic mass is 9.93. The van der Waals surface area contributed by atoms with Crippen molar-refractivity contribution in [3.8, 4) is 11.3 Å². The average Bonchev–Trinajstić information content (AvgIpc) is 3.06. The van der Waals surface area contributed by atoms with Crippen LogP contribution in [0.5, 0.6) is 0 Å². The second-order valence-corrected chi connectivity index (χ2v) is 8.46. The molecule has 2 aromatic heterocycles. The highest BCUT2D eigenvalue weighted by atomic mass is 16.2. The van der Waals surface area contributed by atoms with E-state index in [1.165, 1.54) is 0 Å². The van der Waals surface area contributed by atoms with Crippen LogP contribution in [0.2, 0.25) is 0 Å². The molecule has 1 aromatic carbocycles. The minimum Gasteiger partial charge on any atom is -0.338 e. The number of nitrogens with zero attached hydrogens (tertiary/aromatic N) is 4. The van der Waals surface area contributed by atoms with Crippen molar-refractivity contribution in [2.45, 2.75) is 40.5 Å². The Morgan fingerprint density at radius 2 is 1.93 bits per heavy atom. The van der Waals surface area contributed by atoms with Crippen molar-refractivity contribution in [2.75, 3.05) is 13.1 Å². The molecule has 0 saturated carbocycles. The lowest BCUT2D eigenvalue weighted by molar-refractivity contribution is 0.0780. The Labute approximate surface area is 165 Å². The second kappa shape index (κ2) is 6.97. The van der Waals surface area contributed by atoms with Crippen LogP contribution < -0.4 is 0 Å². The number of pyridine rings is 1. The molecule has 0 bridgehead atoms. The SMILES string of the molecule is CCc1ncc(-c2cc(C(=O)N3CCC(C)(C)C3)c3ccc(C)cc3n2)cn1. The third kappa shape index (κ3) is 3.49. The maximum Gasteiger partial charge on any atom is 0.254 e. The smallest absolute Gasteiger partial charge is 0.254 e. The van der Waals surface area contributed by atoms with Crippen LogP contribution in [-0.2, 0) is 6.42 Å². The molecular weight excluding hydrogens is 348 g/mol. The predicted octanol–water partition coefficient (Wildman–Crippen LogP) is 4.43. The minimum atomic E-state index is 0.0779. The summed E-state index contributed by atoms with van der Waals surface area (Å²) in [5.41, 5.74) is 4.40. The number of rotatable bonds is 3. The Hall–Kier alpha value is -2.82. The van der Waals surface area contributed by atoms with E-state index in [0.29, 0.717) is 5.56 Å². The molecular formula is C23H26N4O. The summed E-state index contributed by atoms with van der Waals surface area (Å²) < 4.78 is 0. The Kier molecular flexibility index (Phi) is 4.61. The summed E-state index contributed by atoms with van der Waals surface area (Å²) in [6.07, 6.45) is 5.41. The molecule has 1 aliphatic rings. The van der Waals surface area contributed by atoms with Gasteiger partial charge in [-0.2, -0.15) is 0 Å². The van der Waals surface area contributed by atoms with Crippen molar-refractivity contribution >= 4 is 16.8 Å². The van der Waals surface area contributed by atoms with Gasteiger partial charge in [0, 0.05) is 42.9 Å². The maximum absolute atomic E-state index is 13.4. The molecule has 28 heavy (non-hydrogen) atoms. The molecule has 5 nitrogen and oxygen atoms in total. The first-order valence-corrected chi connectivity index (χ1v) is 9.88. The zero-order valence-corrected chi connectivity index (χ0v) is 17.0. The number of amides is 1.